The molecule has 1 aromatic rings. The van der Waals surface area contributed by atoms with E-state index < -0.39 is 5.82 Å². The van der Waals surface area contributed by atoms with E-state index >= 15 is 0 Å². The van der Waals surface area contributed by atoms with Crippen molar-refractivity contribution < 1.29 is 9.18 Å². The SMILES string of the molecule is O=C(NC1(CCl)CCCC1)c1ccccc1F. The molecule has 2 rings (SSSR count). The summed E-state index contributed by atoms with van der Waals surface area (Å²) < 4.78 is 13.4. The lowest BCUT2D eigenvalue weighted by Crippen LogP contribution is -2.48. The summed E-state index contributed by atoms with van der Waals surface area (Å²) in [6, 6.07) is 6.00. The molecule has 1 aliphatic carbocycles. The number of benzene rings is 1. The number of rotatable bonds is 3. The zero-order valence-electron chi connectivity index (χ0n) is 9.51. The van der Waals surface area contributed by atoms with Gasteiger partial charge in [0.1, 0.15) is 5.82 Å². The van der Waals surface area contributed by atoms with E-state index in [1.165, 1.54) is 12.1 Å². The van der Waals surface area contributed by atoms with E-state index in [1.807, 2.05) is 0 Å². The Morgan fingerprint density at radius 2 is 2.00 bits per heavy atom. The summed E-state index contributed by atoms with van der Waals surface area (Å²) >= 11 is 5.93. The van der Waals surface area contributed by atoms with E-state index in [2.05, 4.69) is 5.32 Å². The van der Waals surface area contributed by atoms with Gasteiger partial charge < -0.3 is 5.32 Å². The van der Waals surface area contributed by atoms with Crippen molar-refractivity contribution in [2.75, 3.05) is 5.88 Å². The second-order valence-electron chi connectivity index (χ2n) is 4.56. The van der Waals surface area contributed by atoms with Crippen LogP contribution >= 0.6 is 11.6 Å². The van der Waals surface area contributed by atoms with Gasteiger partial charge in [-0.3, -0.25) is 4.79 Å². The van der Waals surface area contributed by atoms with E-state index in [4.69, 9.17) is 11.6 Å². The molecule has 4 heteroatoms. The van der Waals surface area contributed by atoms with Gasteiger partial charge >= 0.3 is 0 Å². The highest BCUT2D eigenvalue weighted by molar-refractivity contribution is 6.19. The van der Waals surface area contributed by atoms with E-state index in [9.17, 15) is 9.18 Å². The van der Waals surface area contributed by atoms with E-state index in [-0.39, 0.29) is 17.0 Å². The average molecular weight is 256 g/mol. The number of amides is 1. The van der Waals surface area contributed by atoms with Crippen LogP contribution in [-0.4, -0.2) is 17.3 Å². The Bertz CT molecular complexity index is 416. The molecule has 92 valence electrons. The largest absolute Gasteiger partial charge is 0.345 e. The molecule has 0 atom stereocenters. The first kappa shape index (κ1) is 12.4. The van der Waals surface area contributed by atoms with Crippen molar-refractivity contribution in [3.8, 4) is 0 Å². The van der Waals surface area contributed by atoms with Gasteiger partial charge in [0.05, 0.1) is 11.1 Å². The lowest BCUT2D eigenvalue weighted by Gasteiger charge is -2.27. The van der Waals surface area contributed by atoms with E-state index in [0.29, 0.717) is 5.88 Å². The molecule has 0 heterocycles. The Morgan fingerprint density at radius 3 is 2.59 bits per heavy atom. The summed E-state index contributed by atoms with van der Waals surface area (Å²) in [6.45, 7) is 0. The maximum atomic E-state index is 13.4. The maximum absolute atomic E-state index is 13.4. The standard InChI is InChI=1S/C13H15ClFNO/c14-9-13(7-3-4-8-13)16-12(17)10-5-1-2-6-11(10)15/h1-2,5-6H,3-4,7-9H2,(H,16,17). The Labute approximate surface area is 105 Å². The van der Waals surface area contributed by atoms with Crippen molar-refractivity contribution in [3.05, 3.63) is 35.6 Å². The zero-order chi connectivity index (χ0) is 12.3. The maximum Gasteiger partial charge on any atom is 0.254 e. The number of alkyl halides is 1. The van der Waals surface area contributed by atoms with Gasteiger partial charge in [-0.1, -0.05) is 25.0 Å². The smallest absolute Gasteiger partial charge is 0.254 e. The van der Waals surface area contributed by atoms with Crippen LogP contribution in [0.2, 0.25) is 0 Å². The molecular formula is C13H15ClFNO. The highest BCUT2D eigenvalue weighted by atomic mass is 35.5. The lowest BCUT2D eigenvalue weighted by molar-refractivity contribution is 0.0905. The quantitative estimate of drug-likeness (QED) is 0.827. The first-order valence-electron chi connectivity index (χ1n) is 5.80. The average Bonchev–Trinajstić information content (AvgIpc) is 2.79. The number of hydrogen-bond donors (Lipinski definition) is 1. The predicted molar refractivity (Wildman–Crippen MR) is 65.8 cm³/mol. The van der Waals surface area contributed by atoms with Gasteiger partial charge in [-0.15, -0.1) is 11.6 Å². The van der Waals surface area contributed by atoms with Gasteiger partial charge in [0.15, 0.2) is 0 Å². The van der Waals surface area contributed by atoms with Crippen LogP contribution in [0, 0.1) is 5.82 Å². The van der Waals surface area contributed by atoms with Crippen molar-refractivity contribution in [3.63, 3.8) is 0 Å². The van der Waals surface area contributed by atoms with Gasteiger partial charge in [0, 0.05) is 5.88 Å². The van der Waals surface area contributed by atoms with Gasteiger partial charge in [-0.05, 0) is 25.0 Å². The second kappa shape index (κ2) is 5.05. The molecule has 2 nitrogen and oxygen atoms in total. The number of halogens is 2. The topological polar surface area (TPSA) is 29.1 Å². The van der Waals surface area contributed by atoms with Crippen LogP contribution in [0.25, 0.3) is 0 Å². The molecule has 1 N–H and O–H groups in total. The Morgan fingerprint density at radius 1 is 1.35 bits per heavy atom. The number of hydrogen-bond acceptors (Lipinski definition) is 1. The first-order valence-corrected chi connectivity index (χ1v) is 6.33. The molecular weight excluding hydrogens is 241 g/mol. The lowest BCUT2D eigenvalue weighted by atomic mass is 9.99. The van der Waals surface area contributed by atoms with Crippen LogP contribution in [0.15, 0.2) is 24.3 Å². The van der Waals surface area contributed by atoms with Crippen LogP contribution in [0.4, 0.5) is 4.39 Å². The van der Waals surface area contributed by atoms with E-state index in [1.54, 1.807) is 12.1 Å². The number of carbonyl (C=O) groups is 1. The van der Waals surface area contributed by atoms with Gasteiger partial charge in [0.25, 0.3) is 5.91 Å². The van der Waals surface area contributed by atoms with Gasteiger partial charge in [-0.2, -0.15) is 0 Å². The highest BCUT2D eigenvalue weighted by Crippen LogP contribution is 2.31. The Hall–Kier alpha value is -1.09. The molecule has 1 amide bonds. The van der Waals surface area contributed by atoms with Crippen molar-refractivity contribution in [1.29, 1.82) is 0 Å². The molecule has 1 fully saturated rings. The third-order valence-electron chi connectivity index (χ3n) is 3.31. The van der Waals surface area contributed by atoms with Crippen LogP contribution in [-0.2, 0) is 0 Å². The molecule has 17 heavy (non-hydrogen) atoms. The zero-order valence-corrected chi connectivity index (χ0v) is 10.3. The molecule has 1 saturated carbocycles. The van der Waals surface area contributed by atoms with Gasteiger partial charge in [0.2, 0.25) is 0 Å². The normalized spacial score (nSPS) is 18.0. The minimum Gasteiger partial charge on any atom is -0.345 e. The summed E-state index contributed by atoms with van der Waals surface area (Å²) in [5.41, 5.74) is -0.259. The van der Waals surface area contributed by atoms with Crippen molar-refractivity contribution in [2.45, 2.75) is 31.2 Å². The predicted octanol–water partition coefficient (Wildman–Crippen LogP) is 3.11. The minimum absolute atomic E-state index is 0.0869. The molecule has 0 radical (unpaired) electrons. The van der Waals surface area contributed by atoms with Crippen molar-refractivity contribution in [1.82, 2.24) is 5.32 Å². The van der Waals surface area contributed by atoms with Crippen molar-refractivity contribution in [2.24, 2.45) is 0 Å². The molecule has 0 spiro atoms. The molecule has 0 aliphatic heterocycles. The summed E-state index contributed by atoms with van der Waals surface area (Å²) in [5, 5.41) is 2.89. The third kappa shape index (κ3) is 2.60. The Balaban J connectivity index is 2.14. The molecule has 0 bridgehead atoms. The summed E-state index contributed by atoms with van der Waals surface area (Å²) in [4.78, 5) is 12.0. The number of nitrogens with one attached hydrogen (secondary N) is 1. The minimum atomic E-state index is -0.493. The molecule has 0 saturated heterocycles. The second-order valence-corrected chi connectivity index (χ2v) is 4.82. The fourth-order valence-corrected chi connectivity index (χ4v) is 2.63. The van der Waals surface area contributed by atoms with Crippen LogP contribution in [0.5, 0.6) is 0 Å². The molecule has 1 aromatic carbocycles. The highest BCUT2D eigenvalue weighted by Gasteiger charge is 2.35. The first-order chi connectivity index (χ1) is 8.17. The molecule has 0 unspecified atom stereocenters. The van der Waals surface area contributed by atoms with Crippen LogP contribution in [0.1, 0.15) is 36.0 Å². The third-order valence-corrected chi connectivity index (χ3v) is 3.83. The monoisotopic (exact) mass is 255 g/mol. The summed E-state index contributed by atoms with van der Waals surface area (Å²) in [7, 11) is 0. The summed E-state index contributed by atoms with van der Waals surface area (Å²) in [6.07, 6.45) is 3.86. The van der Waals surface area contributed by atoms with Gasteiger partial charge in [-0.25, -0.2) is 4.39 Å². The van der Waals surface area contributed by atoms with Crippen LogP contribution in [0.3, 0.4) is 0 Å². The van der Waals surface area contributed by atoms with Crippen LogP contribution < -0.4 is 5.32 Å². The Kier molecular flexibility index (Phi) is 3.67. The fourth-order valence-electron chi connectivity index (χ4n) is 2.30. The molecule has 0 aromatic heterocycles. The number of carbonyl (C=O) groups excluding carboxylic acids is 1. The van der Waals surface area contributed by atoms with E-state index in [0.717, 1.165) is 25.7 Å². The summed E-state index contributed by atoms with van der Waals surface area (Å²) in [5.74, 6) is -0.480. The fraction of sp³-hybridized carbons (Fsp3) is 0.462. The molecule has 1 aliphatic rings. The van der Waals surface area contributed by atoms with Crippen molar-refractivity contribution >= 4 is 17.5 Å².